The van der Waals surface area contributed by atoms with Crippen molar-refractivity contribution in [2.24, 2.45) is 4.99 Å². The highest BCUT2D eigenvalue weighted by molar-refractivity contribution is 5.90. The molecule has 1 unspecified atom stereocenters. The smallest absolute Gasteiger partial charge is 0.200 e. The van der Waals surface area contributed by atoms with Gasteiger partial charge in [-0.3, -0.25) is 9.98 Å². The number of hydrogen-bond acceptors (Lipinski definition) is 4. The highest BCUT2D eigenvalue weighted by Gasteiger charge is 2.19. The van der Waals surface area contributed by atoms with Gasteiger partial charge in [-0.05, 0) is 37.5 Å². The average molecular weight is 309 g/mol. The molecule has 118 valence electrons. The second kappa shape index (κ2) is 7.07. The fourth-order valence-electron chi connectivity index (χ4n) is 2.58. The molecule has 2 N–H and O–H groups in total. The Morgan fingerprint density at radius 1 is 1.52 bits per heavy atom. The van der Waals surface area contributed by atoms with Crippen LogP contribution in [0, 0.1) is 11.3 Å². The van der Waals surface area contributed by atoms with E-state index in [9.17, 15) is 5.26 Å². The van der Waals surface area contributed by atoms with Gasteiger partial charge in [0.05, 0.1) is 24.0 Å². The molecule has 0 aromatic carbocycles. The number of guanidine groups is 1. The van der Waals surface area contributed by atoms with Crippen molar-refractivity contribution in [1.82, 2.24) is 15.6 Å². The van der Waals surface area contributed by atoms with E-state index in [-0.39, 0.29) is 6.10 Å². The largest absolute Gasteiger partial charge is 0.376 e. The van der Waals surface area contributed by atoms with Gasteiger partial charge in [-0.1, -0.05) is 6.07 Å². The van der Waals surface area contributed by atoms with Crippen LogP contribution in [0.3, 0.4) is 0 Å². The summed E-state index contributed by atoms with van der Waals surface area (Å²) in [6, 6.07) is 7.77. The summed E-state index contributed by atoms with van der Waals surface area (Å²) in [5.74, 6) is 0.629. The lowest BCUT2D eigenvalue weighted by Gasteiger charge is -2.21. The lowest BCUT2D eigenvalue weighted by Crippen LogP contribution is -2.39. The predicted octanol–water partition coefficient (Wildman–Crippen LogP) is 1.95. The van der Waals surface area contributed by atoms with E-state index in [0.29, 0.717) is 23.8 Å². The third-order valence-corrected chi connectivity index (χ3v) is 3.82. The van der Waals surface area contributed by atoms with E-state index in [1.165, 1.54) is 0 Å². The monoisotopic (exact) mass is 309 g/mol. The van der Waals surface area contributed by atoms with Crippen LogP contribution in [0.2, 0.25) is 0 Å². The zero-order chi connectivity index (χ0) is 16.1. The van der Waals surface area contributed by atoms with Crippen LogP contribution in [0.15, 0.2) is 46.9 Å². The Hall–Kier alpha value is -2.65. The maximum Gasteiger partial charge on any atom is 0.200 e. The minimum atomic E-state index is 0.191. The maximum atomic E-state index is 9.54. The molecule has 1 fully saturated rings. The molecule has 6 nitrogen and oxygen atoms in total. The first-order valence-corrected chi connectivity index (χ1v) is 7.70. The molecule has 0 radical (unpaired) electrons. The topological polar surface area (TPSA) is 82.3 Å². The first-order chi connectivity index (χ1) is 11.3. The lowest BCUT2D eigenvalue weighted by atomic mass is 10.1. The first-order valence-electron chi connectivity index (χ1n) is 7.70. The van der Waals surface area contributed by atoms with Crippen LogP contribution in [0.5, 0.6) is 0 Å². The Kier molecular flexibility index (Phi) is 4.69. The molecule has 3 heterocycles. The normalized spacial score (nSPS) is 24.4. The standard InChI is InChI=1S/C17H19N5O/c1-12-10-20-17(21-11-13-5-4-8-23-13)22-16(12)14(9-18)15-6-2-3-7-19-15/h2-3,6-7,10,13H,4-5,8,11H2,1H3,(H2,20,21,22)/b16-14-. The molecule has 23 heavy (non-hydrogen) atoms. The molecular weight excluding hydrogens is 290 g/mol. The number of nitrogens with zero attached hydrogens (tertiary/aromatic N) is 3. The molecule has 0 amide bonds. The summed E-state index contributed by atoms with van der Waals surface area (Å²) in [6.07, 6.45) is 5.86. The fourth-order valence-corrected chi connectivity index (χ4v) is 2.58. The van der Waals surface area contributed by atoms with Gasteiger partial charge in [-0.2, -0.15) is 5.26 Å². The van der Waals surface area contributed by atoms with Crippen molar-refractivity contribution in [2.45, 2.75) is 25.9 Å². The van der Waals surface area contributed by atoms with Crippen molar-refractivity contribution in [3.8, 4) is 6.07 Å². The number of nitriles is 1. The molecule has 1 aromatic rings. The molecule has 2 aliphatic heterocycles. The van der Waals surface area contributed by atoms with E-state index in [4.69, 9.17) is 4.74 Å². The molecule has 1 saturated heterocycles. The molecule has 0 saturated carbocycles. The number of pyridine rings is 1. The van der Waals surface area contributed by atoms with E-state index in [1.807, 2.05) is 31.3 Å². The number of ether oxygens (including phenoxy) is 1. The predicted molar refractivity (Wildman–Crippen MR) is 88.1 cm³/mol. The molecule has 1 aromatic heterocycles. The summed E-state index contributed by atoms with van der Waals surface area (Å²) >= 11 is 0. The van der Waals surface area contributed by atoms with Crippen molar-refractivity contribution in [2.75, 3.05) is 13.2 Å². The van der Waals surface area contributed by atoms with Crippen molar-refractivity contribution < 1.29 is 4.74 Å². The molecule has 0 spiro atoms. The number of aliphatic imine (C=N–C) groups is 1. The Morgan fingerprint density at radius 2 is 2.43 bits per heavy atom. The SMILES string of the molecule is CC1=CNC(=NCC2CCCO2)N/C1=C(/C#N)c1ccccn1. The van der Waals surface area contributed by atoms with E-state index < -0.39 is 0 Å². The molecule has 6 heteroatoms. The molecule has 2 aliphatic rings. The van der Waals surface area contributed by atoms with Crippen LogP contribution < -0.4 is 10.6 Å². The van der Waals surface area contributed by atoms with Gasteiger partial charge in [-0.25, -0.2) is 0 Å². The van der Waals surface area contributed by atoms with Crippen LogP contribution in [0.4, 0.5) is 0 Å². The highest BCUT2D eigenvalue weighted by atomic mass is 16.5. The zero-order valence-electron chi connectivity index (χ0n) is 13.0. The van der Waals surface area contributed by atoms with Crippen LogP contribution in [-0.4, -0.2) is 30.2 Å². The summed E-state index contributed by atoms with van der Waals surface area (Å²) in [7, 11) is 0. The van der Waals surface area contributed by atoms with E-state index in [1.54, 1.807) is 6.20 Å². The van der Waals surface area contributed by atoms with Gasteiger partial charge in [-0.15, -0.1) is 0 Å². The van der Waals surface area contributed by atoms with Gasteiger partial charge in [0.2, 0.25) is 0 Å². The average Bonchev–Trinajstić information content (AvgIpc) is 3.10. The molecule has 0 bridgehead atoms. The van der Waals surface area contributed by atoms with Gasteiger partial charge in [0.25, 0.3) is 0 Å². The van der Waals surface area contributed by atoms with Crippen molar-refractivity contribution >= 4 is 11.5 Å². The summed E-state index contributed by atoms with van der Waals surface area (Å²) in [5, 5.41) is 15.9. The van der Waals surface area contributed by atoms with Gasteiger partial charge >= 0.3 is 0 Å². The second-order valence-corrected chi connectivity index (χ2v) is 5.50. The Morgan fingerprint density at radius 3 is 3.13 bits per heavy atom. The van der Waals surface area contributed by atoms with Crippen molar-refractivity contribution in [1.29, 1.82) is 5.26 Å². The molecular formula is C17H19N5O. The van der Waals surface area contributed by atoms with Crippen LogP contribution in [0.25, 0.3) is 5.57 Å². The first kappa shape index (κ1) is 15.3. The van der Waals surface area contributed by atoms with Crippen LogP contribution >= 0.6 is 0 Å². The summed E-state index contributed by atoms with van der Waals surface area (Å²) in [5.41, 5.74) is 2.82. The fraction of sp³-hybridized carbons (Fsp3) is 0.353. The summed E-state index contributed by atoms with van der Waals surface area (Å²) in [6.45, 7) is 3.37. The van der Waals surface area contributed by atoms with Gasteiger partial charge < -0.3 is 15.4 Å². The van der Waals surface area contributed by atoms with Crippen molar-refractivity contribution in [3.05, 3.63) is 47.6 Å². The minimum Gasteiger partial charge on any atom is -0.376 e. The van der Waals surface area contributed by atoms with Gasteiger partial charge in [0.15, 0.2) is 5.96 Å². The van der Waals surface area contributed by atoms with Gasteiger partial charge in [0.1, 0.15) is 11.6 Å². The third kappa shape index (κ3) is 3.58. The highest BCUT2D eigenvalue weighted by Crippen LogP contribution is 2.21. The van der Waals surface area contributed by atoms with E-state index >= 15 is 0 Å². The zero-order valence-corrected chi connectivity index (χ0v) is 13.0. The molecule has 1 atom stereocenters. The number of nitrogens with one attached hydrogen (secondary N) is 2. The van der Waals surface area contributed by atoms with E-state index in [0.717, 1.165) is 30.7 Å². The number of aromatic nitrogens is 1. The third-order valence-electron chi connectivity index (χ3n) is 3.82. The van der Waals surface area contributed by atoms with E-state index in [2.05, 4.69) is 26.7 Å². The quantitative estimate of drug-likeness (QED) is 0.834. The Bertz CT molecular complexity index is 693. The van der Waals surface area contributed by atoms with Gasteiger partial charge in [0, 0.05) is 19.0 Å². The minimum absolute atomic E-state index is 0.191. The maximum absolute atomic E-state index is 9.54. The molecule has 3 rings (SSSR count). The Labute approximate surface area is 135 Å². The summed E-state index contributed by atoms with van der Waals surface area (Å²) < 4.78 is 5.58. The number of allylic oxidation sites excluding steroid dienone is 2. The van der Waals surface area contributed by atoms with Crippen molar-refractivity contribution in [3.63, 3.8) is 0 Å². The van der Waals surface area contributed by atoms with Crippen LogP contribution in [-0.2, 0) is 4.74 Å². The number of hydrogen-bond donors (Lipinski definition) is 2. The number of rotatable bonds is 3. The second-order valence-electron chi connectivity index (χ2n) is 5.50. The lowest BCUT2D eigenvalue weighted by molar-refractivity contribution is 0.117. The Balaban J connectivity index is 1.84. The molecule has 0 aliphatic carbocycles. The van der Waals surface area contributed by atoms with Crippen LogP contribution in [0.1, 0.15) is 25.5 Å². The summed E-state index contributed by atoms with van der Waals surface area (Å²) in [4.78, 5) is 8.79.